The number of rotatable bonds is 5. The van der Waals surface area contributed by atoms with Gasteiger partial charge >= 0.3 is 0 Å². The number of nitrogens with one attached hydrogen (secondary N) is 1. The van der Waals surface area contributed by atoms with Crippen molar-refractivity contribution in [2.75, 3.05) is 18.4 Å². The van der Waals surface area contributed by atoms with Crippen molar-refractivity contribution in [1.29, 1.82) is 0 Å². The fraction of sp³-hybridized carbons (Fsp3) is 0.333. The lowest BCUT2D eigenvalue weighted by Crippen LogP contribution is -2.41. The van der Waals surface area contributed by atoms with E-state index in [4.69, 9.17) is 9.97 Å². The second kappa shape index (κ2) is 9.20. The van der Waals surface area contributed by atoms with Crippen LogP contribution in [-0.4, -0.2) is 38.8 Å². The third-order valence-electron chi connectivity index (χ3n) is 5.41. The molecular weight excluding hydrogens is 393 g/mol. The third-order valence-corrected chi connectivity index (χ3v) is 5.41. The summed E-state index contributed by atoms with van der Waals surface area (Å²) in [5.41, 5.74) is 2.30. The van der Waals surface area contributed by atoms with E-state index in [1.165, 1.54) is 12.1 Å². The molecule has 1 aromatic carbocycles. The Kier molecular flexibility index (Phi) is 6.21. The Labute approximate surface area is 181 Å². The predicted octanol–water partition coefficient (Wildman–Crippen LogP) is 4.78. The van der Waals surface area contributed by atoms with Gasteiger partial charge in [-0.15, -0.1) is 0 Å². The van der Waals surface area contributed by atoms with Crippen molar-refractivity contribution in [2.24, 2.45) is 5.92 Å². The van der Waals surface area contributed by atoms with E-state index in [1.54, 1.807) is 24.5 Å². The summed E-state index contributed by atoms with van der Waals surface area (Å²) in [6, 6.07) is 11.9. The minimum absolute atomic E-state index is 0.0342. The molecule has 0 bridgehead atoms. The fourth-order valence-electron chi connectivity index (χ4n) is 3.85. The Morgan fingerprint density at radius 1 is 1.16 bits per heavy atom. The molecule has 1 aliphatic heterocycles. The molecule has 1 aliphatic rings. The van der Waals surface area contributed by atoms with Gasteiger partial charge in [0, 0.05) is 54.6 Å². The van der Waals surface area contributed by atoms with E-state index < -0.39 is 0 Å². The number of benzene rings is 1. The van der Waals surface area contributed by atoms with Gasteiger partial charge in [-0.1, -0.05) is 19.9 Å². The van der Waals surface area contributed by atoms with E-state index >= 15 is 0 Å². The maximum Gasteiger partial charge on any atom is 0.225 e. The number of likely N-dealkylation sites (tertiary alicyclic amines) is 1. The van der Waals surface area contributed by atoms with Gasteiger partial charge in [-0.05, 0) is 43.2 Å². The SMILES string of the molecule is CC(C)C(=O)N1CCCC(c2nc(Nc3cccc(F)c3)cc(-c3ccncc3)n2)C1. The minimum Gasteiger partial charge on any atom is -0.342 e. The summed E-state index contributed by atoms with van der Waals surface area (Å²) in [5.74, 6) is 1.14. The molecule has 0 aliphatic carbocycles. The van der Waals surface area contributed by atoms with Gasteiger partial charge in [-0.2, -0.15) is 0 Å². The van der Waals surface area contributed by atoms with Gasteiger partial charge in [-0.25, -0.2) is 14.4 Å². The Morgan fingerprint density at radius 2 is 1.97 bits per heavy atom. The van der Waals surface area contributed by atoms with Crippen molar-refractivity contribution in [3.8, 4) is 11.3 Å². The molecule has 3 heterocycles. The first-order valence-electron chi connectivity index (χ1n) is 10.6. The average molecular weight is 420 g/mol. The molecule has 1 N–H and O–H groups in total. The molecule has 1 unspecified atom stereocenters. The lowest BCUT2D eigenvalue weighted by Gasteiger charge is -2.33. The van der Waals surface area contributed by atoms with Crippen LogP contribution in [0, 0.1) is 11.7 Å². The molecule has 0 radical (unpaired) electrons. The first-order valence-corrected chi connectivity index (χ1v) is 10.6. The highest BCUT2D eigenvalue weighted by molar-refractivity contribution is 5.78. The Bertz CT molecular complexity index is 1060. The zero-order chi connectivity index (χ0) is 21.8. The van der Waals surface area contributed by atoms with Gasteiger partial charge in [-0.3, -0.25) is 9.78 Å². The van der Waals surface area contributed by atoms with Crippen LogP contribution in [-0.2, 0) is 4.79 Å². The summed E-state index contributed by atoms with van der Waals surface area (Å²) in [5, 5.41) is 3.20. The van der Waals surface area contributed by atoms with Crippen LogP contribution in [0.2, 0.25) is 0 Å². The molecule has 7 heteroatoms. The molecule has 6 nitrogen and oxygen atoms in total. The second-order valence-corrected chi connectivity index (χ2v) is 8.15. The number of hydrogen-bond donors (Lipinski definition) is 1. The molecule has 160 valence electrons. The van der Waals surface area contributed by atoms with Crippen LogP contribution in [0.25, 0.3) is 11.3 Å². The van der Waals surface area contributed by atoms with E-state index in [0.717, 1.165) is 30.6 Å². The van der Waals surface area contributed by atoms with Crippen LogP contribution in [0.1, 0.15) is 38.4 Å². The van der Waals surface area contributed by atoms with E-state index in [2.05, 4.69) is 10.3 Å². The Morgan fingerprint density at radius 3 is 2.71 bits per heavy atom. The summed E-state index contributed by atoms with van der Waals surface area (Å²) in [4.78, 5) is 28.1. The molecule has 4 rings (SSSR count). The van der Waals surface area contributed by atoms with Crippen LogP contribution in [0.5, 0.6) is 0 Å². The smallest absolute Gasteiger partial charge is 0.225 e. The van der Waals surface area contributed by atoms with Gasteiger partial charge < -0.3 is 10.2 Å². The van der Waals surface area contributed by atoms with Crippen molar-refractivity contribution < 1.29 is 9.18 Å². The quantitative estimate of drug-likeness (QED) is 0.644. The maximum absolute atomic E-state index is 13.7. The molecule has 1 saturated heterocycles. The molecular formula is C24H26FN5O. The van der Waals surface area contributed by atoms with E-state index in [0.29, 0.717) is 23.9 Å². The molecule has 2 aromatic heterocycles. The number of carbonyl (C=O) groups is 1. The number of pyridine rings is 1. The Hall–Kier alpha value is -3.35. The van der Waals surface area contributed by atoms with Crippen molar-refractivity contribution >= 4 is 17.4 Å². The lowest BCUT2D eigenvalue weighted by molar-refractivity contribution is -0.135. The summed E-state index contributed by atoms with van der Waals surface area (Å²) in [7, 11) is 0. The van der Waals surface area contributed by atoms with Crippen molar-refractivity contribution in [3.05, 3.63) is 66.5 Å². The number of carbonyl (C=O) groups excluding carboxylic acids is 1. The number of piperidine rings is 1. The summed E-state index contributed by atoms with van der Waals surface area (Å²) >= 11 is 0. The highest BCUT2D eigenvalue weighted by Crippen LogP contribution is 2.29. The molecule has 0 spiro atoms. The minimum atomic E-state index is -0.316. The number of anilines is 2. The van der Waals surface area contributed by atoms with E-state index in [9.17, 15) is 9.18 Å². The second-order valence-electron chi connectivity index (χ2n) is 8.15. The monoisotopic (exact) mass is 419 g/mol. The van der Waals surface area contributed by atoms with Crippen molar-refractivity contribution in [1.82, 2.24) is 19.9 Å². The largest absolute Gasteiger partial charge is 0.342 e. The number of hydrogen-bond acceptors (Lipinski definition) is 5. The highest BCUT2D eigenvalue weighted by Gasteiger charge is 2.28. The summed E-state index contributed by atoms with van der Waals surface area (Å²) < 4.78 is 13.7. The molecule has 1 amide bonds. The third kappa shape index (κ3) is 5.05. The van der Waals surface area contributed by atoms with Crippen molar-refractivity contribution in [2.45, 2.75) is 32.6 Å². The van der Waals surface area contributed by atoms with E-state index in [1.807, 2.05) is 36.9 Å². The molecule has 0 saturated carbocycles. The lowest BCUT2D eigenvalue weighted by atomic mass is 9.96. The van der Waals surface area contributed by atoms with Gasteiger partial charge in [0.15, 0.2) is 0 Å². The highest BCUT2D eigenvalue weighted by atomic mass is 19.1. The van der Waals surface area contributed by atoms with Crippen LogP contribution < -0.4 is 5.32 Å². The molecule has 3 aromatic rings. The van der Waals surface area contributed by atoms with Crippen LogP contribution >= 0.6 is 0 Å². The van der Waals surface area contributed by atoms with Gasteiger partial charge in [0.25, 0.3) is 0 Å². The number of nitrogens with zero attached hydrogens (tertiary/aromatic N) is 4. The average Bonchev–Trinajstić information content (AvgIpc) is 2.79. The summed E-state index contributed by atoms with van der Waals surface area (Å²) in [6.45, 7) is 5.23. The predicted molar refractivity (Wildman–Crippen MR) is 118 cm³/mol. The normalized spacial score (nSPS) is 16.4. The number of amides is 1. The van der Waals surface area contributed by atoms with Crippen LogP contribution in [0.4, 0.5) is 15.9 Å². The van der Waals surface area contributed by atoms with Gasteiger partial charge in [0.05, 0.1) is 5.69 Å². The molecule has 1 fully saturated rings. The zero-order valence-corrected chi connectivity index (χ0v) is 17.8. The number of halogens is 1. The standard InChI is InChI=1S/C24H26FN5O/c1-16(2)24(31)30-12-4-5-18(15-30)23-28-21(17-8-10-26-11-9-17)14-22(29-23)27-20-7-3-6-19(25)13-20/h3,6-11,13-14,16,18H,4-5,12,15H2,1-2H3,(H,27,28,29). The van der Waals surface area contributed by atoms with Crippen LogP contribution in [0.3, 0.4) is 0 Å². The van der Waals surface area contributed by atoms with Gasteiger partial charge in [0.2, 0.25) is 5.91 Å². The fourth-order valence-corrected chi connectivity index (χ4v) is 3.85. The number of aromatic nitrogens is 3. The van der Waals surface area contributed by atoms with Gasteiger partial charge in [0.1, 0.15) is 17.5 Å². The topological polar surface area (TPSA) is 71.0 Å². The van der Waals surface area contributed by atoms with Crippen LogP contribution in [0.15, 0.2) is 54.9 Å². The Balaban J connectivity index is 1.68. The first-order chi connectivity index (χ1) is 15.0. The first kappa shape index (κ1) is 20.9. The van der Waals surface area contributed by atoms with Crippen molar-refractivity contribution in [3.63, 3.8) is 0 Å². The molecule has 1 atom stereocenters. The zero-order valence-electron chi connectivity index (χ0n) is 17.8. The maximum atomic E-state index is 13.7. The van der Waals surface area contributed by atoms with E-state index in [-0.39, 0.29) is 23.6 Å². The summed E-state index contributed by atoms with van der Waals surface area (Å²) in [6.07, 6.45) is 5.28. The molecule has 31 heavy (non-hydrogen) atoms.